The predicted molar refractivity (Wildman–Crippen MR) is 172 cm³/mol. The topological polar surface area (TPSA) is 0 Å². The molecule has 0 heterocycles. The summed E-state index contributed by atoms with van der Waals surface area (Å²) in [6.07, 6.45) is 4.59. The molecule has 0 aromatic heterocycles. The molecule has 0 saturated carbocycles. The van der Waals surface area contributed by atoms with E-state index < -0.39 is 0 Å². The second kappa shape index (κ2) is 6.48. The molecule has 0 saturated heterocycles. The Labute approximate surface area is 233 Å². The Morgan fingerprint density at radius 2 is 1.02 bits per heavy atom. The zero-order chi connectivity index (χ0) is 26.7. The molecular weight excluding hydrogens is 480 g/mol. The van der Waals surface area contributed by atoms with Crippen molar-refractivity contribution in [2.24, 2.45) is 0 Å². The van der Waals surface area contributed by atoms with Gasteiger partial charge < -0.3 is 0 Å². The van der Waals surface area contributed by atoms with Crippen LogP contribution in [-0.4, -0.2) is 0 Å². The maximum atomic E-state index is 2.51. The maximum absolute atomic E-state index is 2.51. The predicted octanol–water partition coefficient (Wildman–Crippen LogP) is 10.8. The molecule has 0 N–H and O–H groups in total. The van der Waals surface area contributed by atoms with Crippen LogP contribution in [0.4, 0.5) is 0 Å². The standard InChI is InChI=1S/C40H28/c1-39(2)30-19-24-13-11-21-9-6-10-26(32(21)24)35(30)28-17-18-29-36-27-16-15-23-8-5-7-22-12-14-25(34(27)33(22)23)20-31(36)40(3,4)38(29)37(28)39/h5-20H,1-4H3. The third-order valence-electron chi connectivity index (χ3n) is 10.7. The summed E-state index contributed by atoms with van der Waals surface area (Å²) in [5, 5.41) is 11.0. The first-order valence-corrected chi connectivity index (χ1v) is 14.5. The Morgan fingerprint density at radius 3 is 1.75 bits per heavy atom. The first kappa shape index (κ1) is 21.4. The number of hydrogen-bond donors (Lipinski definition) is 0. The normalized spacial score (nSPS) is 16.8. The molecule has 0 nitrogen and oxygen atoms in total. The Morgan fingerprint density at radius 1 is 0.450 bits per heavy atom. The van der Waals surface area contributed by atoms with Gasteiger partial charge in [-0.3, -0.25) is 0 Å². The molecule has 0 bridgehead atoms. The minimum Gasteiger partial charge on any atom is -0.0610 e. The molecular formula is C40H28. The average molecular weight is 509 g/mol. The van der Waals surface area contributed by atoms with E-state index in [9.17, 15) is 0 Å². The van der Waals surface area contributed by atoms with Gasteiger partial charge in [0, 0.05) is 10.8 Å². The lowest BCUT2D eigenvalue weighted by molar-refractivity contribution is 0.601. The van der Waals surface area contributed by atoms with Gasteiger partial charge in [-0.2, -0.15) is 0 Å². The van der Waals surface area contributed by atoms with Gasteiger partial charge in [0.2, 0.25) is 0 Å². The Kier molecular flexibility index (Phi) is 3.47. The summed E-state index contributed by atoms with van der Waals surface area (Å²) >= 11 is 0. The van der Waals surface area contributed by atoms with E-state index in [2.05, 4.69) is 125 Å². The SMILES string of the molecule is CC1(C)c2cc3c4c(cccc4c2-c2ccc4c(c21)C(C)(C)c1cc2ccc5cccc6ccc(c1-4)c2c56)C=C3. The summed E-state index contributed by atoms with van der Waals surface area (Å²) in [5.41, 5.74) is 14.3. The Bertz CT molecular complexity index is 2340. The number of benzene rings is 7. The van der Waals surface area contributed by atoms with Gasteiger partial charge in [-0.1, -0.05) is 113 Å². The van der Waals surface area contributed by atoms with E-state index in [0.717, 1.165) is 0 Å². The molecule has 0 unspecified atom stereocenters. The molecule has 0 amide bonds. The van der Waals surface area contributed by atoms with Crippen molar-refractivity contribution < 1.29 is 0 Å². The van der Waals surface area contributed by atoms with Crippen molar-refractivity contribution in [1.82, 2.24) is 0 Å². The fourth-order valence-electron chi connectivity index (χ4n) is 8.96. The smallest absolute Gasteiger partial charge is 0.0162 e. The van der Waals surface area contributed by atoms with E-state index in [0.29, 0.717) is 0 Å². The van der Waals surface area contributed by atoms with Crippen LogP contribution in [0, 0.1) is 0 Å². The second-order valence-corrected chi connectivity index (χ2v) is 13.3. The minimum absolute atomic E-state index is 0.0845. The van der Waals surface area contributed by atoms with Crippen molar-refractivity contribution in [3.05, 3.63) is 118 Å². The van der Waals surface area contributed by atoms with Gasteiger partial charge in [0.1, 0.15) is 0 Å². The van der Waals surface area contributed by atoms with Crippen LogP contribution in [0.5, 0.6) is 0 Å². The van der Waals surface area contributed by atoms with Gasteiger partial charge in [-0.05, 0) is 111 Å². The van der Waals surface area contributed by atoms with Crippen molar-refractivity contribution in [3.8, 4) is 22.3 Å². The van der Waals surface area contributed by atoms with Crippen LogP contribution in [0.15, 0.2) is 84.9 Å². The van der Waals surface area contributed by atoms with Crippen LogP contribution >= 0.6 is 0 Å². The first-order valence-electron chi connectivity index (χ1n) is 14.5. The maximum Gasteiger partial charge on any atom is 0.0162 e. The molecule has 188 valence electrons. The zero-order valence-electron chi connectivity index (χ0n) is 23.2. The van der Waals surface area contributed by atoms with E-state index in [1.165, 1.54) is 98.7 Å². The van der Waals surface area contributed by atoms with Crippen molar-refractivity contribution >= 4 is 55.2 Å². The monoisotopic (exact) mass is 508 g/mol. The summed E-state index contributed by atoms with van der Waals surface area (Å²) in [5.74, 6) is 0. The van der Waals surface area contributed by atoms with Crippen LogP contribution in [0.2, 0.25) is 0 Å². The lowest BCUT2D eigenvalue weighted by atomic mass is 9.72. The highest BCUT2D eigenvalue weighted by Crippen LogP contribution is 2.62. The molecule has 0 spiro atoms. The van der Waals surface area contributed by atoms with E-state index in [4.69, 9.17) is 0 Å². The van der Waals surface area contributed by atoms with E-state index in [-0.39, 0.29) is 10.8 Å². The highest BCUT2D eigenvalue weighted by Gasteiger charge is 2.47. The number of rotatable bonds is 0. The second-order valence-electron chi connectivity index (χ2n) is 13.3. The quantitative estimate of drug-likeness (QED) is 0.179. The summed E-state index contributed by atoms with van der Waals surface area (Å²) in [6, 6.07) is 32.8. The molecule has 7 aromatic carbocycles. The van der Waals surface area contributed by atoms with E-state index in [1.54, 1.807) is 0 Å². The van der Waals surface area contributed by atoms with E-state index in [1.807, 2.05) is 0 Å². The van der Waals surface area contributed by atoms with Crippen LogP contribution in [0.3, 0.4) is 0 Å². The average Bonchev–Trinajstić information content (AvgIpc) is 3.55. The molecule has 3 aliphatic carbocycles. The molecule has 10 rings (SSSR count). The molecule has 7 aromatic rings. The Hall–Kier alpha value is -4.42. The summed E-state index contributed by atoms with van der Waals surface area (Å²) in [6.45, 7) is 9.83. The molecule has 0 fully saturated rings. The molecule has 0 heteroatoms. The number of fused-ring (bicyclic) bond motifs is 9. The molecule has 0 radical (unpaired) electrons. The van der Waals surface area contributed by atoms with Gasteiger partial charge in [-0.25, -0.2) is 0 Å². The third kappa shape index (κ3) is 2.19. The van der Waals surface area contributed by atoms with Gasteiger partial charge in [-0.15, -0.1) is 0 Å². The van der Waals surface area contributed by atoms with Crippen LogP contribution in [-0.2, 0) is 10.8 Å². The van der Waals surface area contributed by atoms with Gasteiger partial charge in [0.05, 0.1) is 0 Å². The summed E-state index contributed by atoms with van der Waals surface area (Å²) in [4.78, 5) is 0. The van der Waals surface area contributed by atoms with Gasteiger partial charge in [0.15, 0.2) is 0 Å². The lowest BCUT2D eigenvalue weighted by Gasteiger charge is -2.31. The van der Waals surface area contributed by atoms with Crippen molar-refractivity contribution in [1.29, 1.82) is 0 Å². The van der Waals surface area contributed by atoms with Crippen LogP contribution < -0.4 is 0 Å². The van der Waals surface area contributed by atoms with Gasteiger partial charge in [0.25, 0.3) is 0 Å². The molecule has 0 atom stereocenters. The lowest BCUT2D eigenvalue weighted by Crippen LogP contribution is -2.24. The van der Waals surface area contributed by atoms with Gasteiger partial charge >= 0.3 is 0 Å². The largest absolute Gasteiger partial charge is 0.0610 e. The minimum atomic E-state index is -0.0967. The highest BCUT2D eigenvalue weighted by molar-refractivity contribution is 6.26. The highest BCUT2D eigenvalue weighted by atomic mass is 14.5. The molecule has 0 aliphatic heterocycles. The molecule has 3 aliphatic rings. The number of hydrogen-bond acceptors (Lipinski definition) is 0. The zero-order valence-corrected chi connectivity index (χ0v) is 23.2. The summed E-state index contributed by atoms with van der Waals surface area (Å²) < 4.78 is 0. The third-order valence-corrected chi connectivity index (χ3v) is 10.7. The summed E-state index contributed by atoms with van der Waals surface area (Å²) in [7, 11) is 0. The van der Waals surface area contributed by atoms with Crippen LogP contribution in [0.1, 0.15) is 61.1 Å². The fourth-order valence-corrected chi connectivity index (χ4v) is 8.96. The van der Waals surface area contributed by atoms with E-state index >= 15 is 0 Å². The van der Waals surface area contributed by atoms with Crippen molar-refractivity contribution in [2.75, 3.05) is 0 Å². The Balaban J connectivity index is 1.35. The van der Waals surface area contributed by atoms with Crippen molar-refractivity contribution in [3.63, 3.8) is 0 Å². The first-order chi connectivity index (χ1) is 19.4. The molecule has 40 heavy (non-hydrogen) atoms. The van der Waals surface area contributed by atoms with Crippen LogP contribution in [0.25, 0.3) is 77.5 Å². The fraction of sp³-hybridized carbons (Fsp3) is 0.150. The van der Waals surface area contributed by atoms with Crippen molar-refractivity contribution in [2.45, 2.75) is 38.5 Å².